The van der Waals surface area contributed by atoms with Gasteiger partial charge in [-0.2, -0.15) is 5.10 Å². The number of aliphatic carboxylic acids is 1. The molecule has 3 rings (SSSR count). The van der Waals surface area contributed by atoms with Gasteiger partial charge in [-0.1, -0.05) is 30.3 Å². The molecular weight excluding hydrogens is 240 g/mol. The highest BCUT2D eigenvalue weighted by atomic mass is 16.4. The second-order valence-electron chi connectivity index (χ2n) is 5.11. The van der Waals surface area contributed by atoms with Gasteiger partial charge < -0.3 is 5.11 Å². The summed E-state index contributed by atoms with van der Waals surface area (Å²) < 4.78 is 1.81. The normalized spacial score (nSPS) is 16.2. The van der Waals surface area contributed by atoms with E-state index in [1.807, 2.05) is 41.2 Å². The quantitative estimate of drug-likeness (QED) is 0.894. The average Bonchev–Trinajstić information content (AvgIpc) is 3.11. The lowest BCUT2D eigenvalue weighted by Gasteiger charge is -2.07. The Kier molecular flexibility index (Phi) is 3.07. The summed E-state index contributed by atoms with van der Waals surface area (Å²) in [6.45, 7) is 0.678. The Labute approximate surface area is 111 Å². The Morgan fingerprint density at radius 2 is 2.11 bits per heavy atom. The van der Waals surface area contributed by atoms with E-state index in [9.17, 15) is 9.90 Å². The van der Waals surface area contributed by atoms with Gasteiger partial charge in [0.25, 0.3) is 0 Å². The van der Waals surface area contributed by atoms with Gasteiger partial charge in [0.15, 0.2) is 0 Å². The van der Waals surface area contributed by atoms with Crippen molar-refractivity contribution in [3.63, 3.8) is 0 Å². The standard InChI is InChI=1S/C15H16N2O2/c18-15(19)14(12-6-7-12)13-8-16-17(10-13)9-11-4-2-1-3-5-11/h1-5,8,10,12,14H,6-7,9H2,(H,18,19). The molecule has 0 amide bonds. The van der Waals surface area contributed by atoms with E-state index >= 15 is 0 Å². The molecule has 2 aromatic rings. The monoisotopic (exact) mass is 256 g/mol. The van der Waals surface area contributed by atoms with Crippen LogP contribution in [0.3, 0.4) is 0 Å². The Morgan fingerprint density at radius 3 is 2.74 bits per heavy atom. The van der Waals surface area contributed by atoms with Gasteiger partial charge in [0.2, 0.25) is 0 Å². The van der Waals surface area contributed by atoms with Gasteiger partial charge in [-0.15, -0.1) is 0 Å². The highest BCUT2D eigenvalue weighted by Crippen LogP contribution is 2.42. The topological polar surface area (TPSA) is 55.1 Å². The van der Waals surface area contributed by atoms with Gasteiger partial charge in [-0.3, -0.25) is 9.48 Å². The fraction of sp³-hybridized carbons (Fsp3) is 0.333. The molecule has 19 heavy (non-hydrogen) atoms. The summed E-state index contributed by atoms with van der Waals surface area (Å²) in [5.41, 5.74) is 1.99. The molecule has 1 N–H and O–H groups in total. The van der Waals surface area contributed by atoms with Crippen molar-refractivity contribution >= 4 is 5.97 Å². The minimum absolute atomic E-state index is 0.298. The molecule has 0 spiro atoms. The third kappa shape index (κ3) is 2.67. The van der Waals surface area contributed by atoms with Gasteiger partial charge in [-0.25, -0.2) is 0 Å². The third-order valence-corrected chi connectivity index (χ3v) is 3.56. The molecule has 98 valence electrons. The predicted molar refractivity (Wildman–Crippen MR) is 70.9 cm³/mol. The number of rotatable bonds is 5. The molecule has 1 aliphatic carbocycles. The SMILES string of the molecule is O=C(O)C(c1cnn(Cc2ccccc2)c1)C1CC1. The maximum absolute atomic E-state index is 11.3. The minimum atomic E-state index is -0.734. The Morgan fingerprint density at radius 1 is 1.37 bits per heavy atom. The van der Waals surface area contributed by atoms with Crippen molar-refractivity contribution in [2.45, 2.75) is 25.3 Å². The van der Waals surface area contributed by atoms with E-state index in [-0.39, 0.29) is 5.92 Å². The van der Waals surface area contributed by atoms with E-state index < -0.39 is 5.97 Å². The number of aromatic nitrogens is 2. The van der Waals surface area contributed by atoms with Crippen molar-refractivity contribution < 1.29 is 9.90 Å². The largest absolute Gasteiger partial charge is 0.481 e. The summed E-state index contributed by atoms with van der Waals surface area (Å²) >= 11 is 0. The average molecular weight is 256 g/mol. The number of nitrogens with zero attached hydrogens (tertiary/aromatic N) is 2. The fourth-order valence-electron chi connectivity index (χ4n) is 2.44. The van der Waals surface area contributed by atoms with Crippen LogP contribution in [-0.4, -0.2) is 20.9 Å². The van der Waals surface area contributed by atoms with Crippen LogP contribution >= 0.6 is 0 Å². The fourth-order valence-corrected chi connectivity index (χ4v) is 2.44. The number of hydrogen-bond acceptors (Lipinski definition) is 2. The zero-order valence-corrected chi connectivity index (χ0v) is 10.6. The first-order chi connectivity index (χ1) is 9.24. The van der Waals surface area contributed by atoms with E-state index in [1.165, 1.54) is 0 Å². The van der Waals surface area contributed by atoms with Crippen LogP contribution in [0.15, 0.2) is 42.7 Å². The van der Waals surface area contributed by atoms with Crippen molar-refractivity contribution in [3.05, 3.63) is 53.9 Å². The van der Waals surface area contributed by atoms with Crippen molar-refractivity contribution in [1.29, 1.82) is 0 Å². The van der Waals surface area contributed by atoms with Crippen LogP contribution in [0.5, 0.6) is 0 Å². The Hall–Kier alpha value is -2.10. The number of carbonyl (C=O) groups is 1. The molecule has 1 aromatic heterocycles. The van der Waals surface area contributed by atoms with Crippen LogP contribution in [0.25, 0.3) is 0 Å². The predicted octanol–water partition coefficient (Wildman–Crippen LogP) is 2.51. The van der Waals surface area contributed by atoms with E-state index in [0.29, 0.717) is 12.5 Å². The summed E-state index contributed by atoms with van der Waals surface area (Å²) in [7, 11) is 0. The molecule has 1 heterocycles. The van der Waals surface area contributed by atoms with Gasteiger partial charge >= 0.3 is 5.97 Å². The molecule has 1 atom stereocenters. The first-order valence-electron chi connectivity index (χ1n) is 6.53. The smallest absolute Gasteiger partial charge is 0.311 e. The molecule has 1 aliphatic rings. The van der Waals surface area contributed by atoms with Crippen LogP contribution in [0.1, 0.15) is 29.9 Å². The molecular formula is C15H16N2O2. The van der Waals surface area contributed by atoms with Crippen molar-refractivity contribution in [2.75, 3.05) is 0 Å². The van der Waals surface area contributed by atoms with E-state index in [1.54, 1.807) is 6.20 Å². The molecule has 4 nitrogen and oxygen atoms in total. The summed E-state index contributed by atoms with van der Waals surface area (Å²) in [6, 6.07) is 10.0. The van der Waals surface area contributed by atoms with Crippen LogP contribution in [-0.2, 0) is 11.3 Å². The summed E-state index contributed by atoms with van der Waals surface area (Å²) in [6.07, 6.45) is 5.59. The molecule has 0 saturated heterocycles. The molecule has 4 heteroatoms. The molecule has 0 aliphatic heterocycles. The van der Waals surface area contributed by atoms with Gasteiger partial charge in [0.1, 0.15) is 0 Å². The van der Waals surface area contributed by atoms with Crippen molar-refractivity contribution in [2.24, 2.45) is 5.92 Å². The zero-order valence-electron chi connectivity index (χ0n) is 10.6. The van der Waals surface area contributed by atoms with Gasteiger partial charge in [0, 0.05) is 11.8 Å². The first-order valence-corrected chi connectivity index (χ1v) is 6.53. The van der Waals surface area contributed by atoms with Crippen LogP contribution in [0, 0.1) is 5.92 Å². The van der Waals surface area contributed by atoms with Gasteiger partial charge in [-0.05, 0) is 24.3 Å². The number of benzene rings is 1. The lowest BCUT2D eigenvalue weighted by molar-refractivity contribution is -0.139. The van der Waals surface area contributed by atoms with E-state index in [0.717, 1.165) is 24.0 Å². The lowest BCUT2D eigenvalue weighted by atomic mass is 9.98. The first kappa shape index (κ1) is 12.0. The maximum atomic E-state index is 11.3. The molecule has 1 saturated carbocycles. The lowest BCUT2D eigenvalue weighted by Crippen LogP contribution is -2.13. The maximum Gasteiger partial charge on any atom is 0.311 e. The van der Waals surface area contributed by atoms with E-state index in [4.69, 9.17) is 0 Å². The highest BCUT2D eigenvalue weighted by Gasteiger charge is 2.38. The molecule has 0 bridgehead atoms. The summed E-state index contributed by atoms with van der Waals surface area (Å²) in [5.74, 6) is -0.821. The minimum Gasteiger partial charge on any atom is -0.481 e. The molecule has 1 aromatic carbocycles. The van der Waals surface area contributed by atoms with Crippen molar-refractivity contribution in [3.8, 4) is 0 Å². The second-order valence-corrected chi connectivity index (χ2v) is 5.11. The summed E-state index contributed by atoms with van der Waals surface area (Å²) in [4.78, 5) is 11.3. The molecule has 0 radical (unpaired) electrons. The summed E-state index contributed by atoms with van der Waals surface area (Å²) in [5, 5.41) is 13.6. The van der Waals surface area contributed by atoms with Crippen LogP contribution < -0.4 is 0 Å². The van der Waals surface area contributed by atoms with Crippen LogP contribution in [0.2, 0.25) is 0 Å². The Balaban J connectivity index is 1.77. The third-order valence-electron chi connectivity index (χ3n) is 3.56. The van der Waals surface area contributed by atoms with Gasteiger partial charge in [0.05, 0.1) is 18.7 Å². The van der Waals surface area contributed by atoms with Crippen LogP contribution in [0.4, 0.5) is 0 Å². The number of carboxylic acid groups (broad SMARTS) is 1. The van der Waals surface area contributed by atoms with Crippen molar-refractivity contribution in [1.82, 2.24) is 9.78 Å². The number of carboxylic acids is 1. The second kappa shape index (κ2) is 4.88. The Bertz CT molecular complexity index is 573. The highest BCUT2D eigenvalue weighted by molar-refractivity contribution is 5.76. The molecule has 1 unspecified atom stereocenters. The molecule has 1 fully saturated rings. The zero-order chi connectivity index (χ0) is 13.2. The number of hydrogen-bond donors (Lipinski definition) is 1. The van der Waals surface area contributed by atoms with E-state index in [2.05, 4.69) is 5.10 Å².